The van der Waals surface area contributed by atoms with Crippen molar-refractivity contribution in [1.82, 2.24) is 4.98 Å². The first-order valence-corrected chi connectivity index (χ1v) is 4.85. The third-order valence-electron chi connectivity index (χ3n) is 2.16. The Bertz CT molecular complexity index is 394. The zero-order valence-electron chi connectivity index (χ0n) is 9.02. The highest BCUT2D eigenvalue weighted by Crippen LogP contribution is 2.21. The Labute approximate surface area is 91.6 Å². The highest BCUT2D eigenvalue weighted by molar-refractivity contribution is 5.89. The molecule has 6 heteroatoms. The van der Waals surface area contributed by atoms with E-state index in [1.165, 1.54) is 32.2 Å². The molecule has 1 N–H and O–H groups in total. The van der Waals surface area contributed by atoms with Gasteiger partial charge in [-0.15, -0.1) is 0 Å². The van der Waals surface area contributed by atoms with Crippen molar-refractivity contribution in [2.75, 3.05) is 6.54 Å². The third-order valence-corrected chi connectivity index (χ3v) is 2.16. The van der Waals surface area contributed by atoms with E-state index in [9.17, 15) is 18.9 Å². The number of hydrogen-bond acceptors (Lipinski definition) is 3. The molecule has 4 nitrogen and oxygen atoms in total. The van der Waals surface area contributed by atoms with Gasteiger partial charge in [0.05, 0.1) is 20.8 Å². The Balaban J connectivity index is 3.19. The topological polar surface area (TPSA) is 50.2 Å². The third kappa shape index (κ3) is 2.40. The van der Waals surface area contributed by atoms with Crippen molar-refractivity contribution >= 4 is 5.91 Å². The summed E-state index contributed by atoms with van der Waals surface area (Å²) >= 11 is 0. The minimum atomic E-state index is -2.74. The van der Waals surface area contributed by atoms with E-state index in [1.807, 2.05) is 0 Å². The maximum Gasteiger partial charge on any atom is 0.424 e. The zero-order chi connectivity index (χ0) is 12.3. The number of rotatable bonds is 3. The number of aliphatic hydroxyl groups is 1. The van der Waals surface area contributed by atoms with Gasteiger partial charge in [-0.05, 0) is 26.0 Å². The Morgan fingerprint density at radius 2 is 2.25 bits per heavy atom. The zero-order valence-corrected chi connectivity index (χ0v) is 9.02. The molecule has 1 atom stereocenters. The van der Waals surface area contributed by atoms with Crippen molar-refractivity contribution in [2.45, 2.75) is 20.0 Å². The van der Waals surface area contributed by atoms with E-state index in [4.69, 9.17) is 0 Å². The number of quaternary nitrogens is 1. The molecule has 1 unspecified atom stereocenters. The molecule has 0 fully saturated rings. The van der Waals surface area contributed by atoms with Crippen molar-refractivity contribution in [3.8, 4) is 0 Å². The molecule has 0 aromatic carbocycles. The summed E-state index contributed by atoms with van der Waals surface area (Å²) in [6, 6.07) is 2.62. The van der Waals surface area contributed by atoms with E-state index in [0.29, 0.717) is 0 Å². The lowest BCUT2D eigenvalue weighted by Crippen LogP contribution is -2.37. The fourth-order valence-electron chi connectivity index (χ4n) is 1.25. The summed E-state index contributed by atoms with van der Waals surface area (Å²) in [4.78, 5) is 12.5. The van der Waals surface area contributed by atoms with E-state index < -0.39 is 23.5 Å². The molecule has 16 heavy (non-hydrogen) atoms. The number of hydrogen-bond donors (Lipinski definition) is 1. The molecule has 0 aliphatic heterocycles. The van der Waals surface area contributed by atoms with Gasteiger partial charge in [0, 0.05) is 6.20 Å². The van der Waals surface area contributed by atoms with E-state index in [1.54, 1.807) is 0 Å². The predicted octanol–water partition coefficient (Wildman–Crippen LogP) is 1.88. The fourth-order valence-corrected chi connectivity index (χ4v) is 1.25. The van der Waals surface area contributed by atoms with E-state index in [0.717, 1.165) is 0 Å². The number of aromatic nitrogens is 1. The SMILES string of the molecule is CC[N+](F)(F)C(=O)c1cccnc1C(C)O. The normalized spacial score (nSPS) is 13.6. The van der Waals surface area contributed by atoms with Crippen LogP contribution in [0.15, 0.2) is 18.3 Å². The largest absolute Gasteiger partial charge is 0.424 e. The van der Waals surface area contributed by atoms with Crippen LogP contribution >= 0.6 is 0 Å². The Morgan fingerprint density at radius 3 is 2.75 bits per heavy atom. The lowest BCUT2D eigenvalue weighted by atomic mass is 10.1. The van der Waals surface area contributed by atoms with E-state index in [-0.39, 0.29) is 11.3 Å². The lowest BCUT2D eigenvalue weighted by molar-refractivity contribution is -1.10. The maximum absolute atomic E-state index is 13.2. The van der Waals surface area contributed by atoms with Crippen LogP contribution in [0.4, 0.5) is 8.96 Å². The molecule has 1 heterocycles. The Kier molecular flexibility index (Phi) is 3.66. The second-order valence-corrected chi connectivity index (χ2v) is 3.36. The van der Waals surface area contributed by atoms with E-state index >= 15 is 0 Å². The number of carbonyl (C=O) groups is 1. The van der Waals surface area contributed by atoms with Crippen LogP contribution in [0, 0.1) is 0 Å². The summed E-state index contributed by atoms with van der Waals surface area (Å²) in [5.41, 5.74) is -0.275. The highest BCUT2D eigenvalue weighted by atomic mass is 19.4. The average molecular weight is 231 g/mol. The Hall–Kier alpha value is -1.40. The number of halogens is 2. The van der Waals surface area contributed by atoms with Gasteiger partial charge in [-0.1, -0.05) is 0 Å². The average Bonchev–Trinajstić information content (AvgIpc) is 2.28. The fraction of sp³-hybridized carbons (Fsp3) is 0.400. The molecule has 1 rings (SSSR count). The number of amides is 1. The van der Waals surface area contributed by atoms with Crippen LogP contribution in [0.1, 0.15) is 36.0 Å². The summed E-state index contributed by atoms with van der Waals surface area (Å²) in [5, 5.41) is 9.33. The van der Waals surface area contributed by atoms with Crippen LogP contribution in [0.3, 0.4) is 0 Å². The number of pyridine rings is 1. The summed E-state index contributed by atoms with van der Waals surface area (Å²) in [6.45, 7) is 1.94. The molecule has 0 saturated heterocycles. The first-order chi connectivity index (χ1) is 7.40. The van der Waals surface area contributed by atoms with Crippen LogP contribution < -0.4 is 0 Å². The molecule has 1 aromatic rings. The first kappa shape index (κ1) is 12.7. The molecule has 1 amide bonds. The monoisotopic (exact) mass is 231 g/mol. The standard InChI is InChI=1S/C10H13F2N2O2/c1-3-14(11,12)10(16)8-5-4-6-13-9(8)7(2)15/h4-7,15H,3H2,1-2H3/q+1. The van der Waals surface area contributed by atoms with Crippen molar-refractivity contribution in [2.24, 2.45) is 0 Å². The molecule has 88 valence electrons. The molecule has 0 aliphatic rings. The number of aliphatic hydroxyl groups excluding tert-OH is 1. The summed E-state index contributed by atoms with van der Waals surface area (Å²) < 4.78 is 26.3. The molecule has 0 spiro atoms. The first-order valence-electron chi connectivity index (χ1n) is 4.85. The molecule has 0 radical (unpaired) electrons. The summed E-state index contributed by atoms with van der Waals surface area (Å²) in [6.07, 6.45) is 0.285. The minimum absolute atomic E-state index is 0.0289. The Morgan fingerprint density at radius 1 is 1.62 bits per heavy atom. The number of nitrogens with zero attached hydrogens (tertiary/aromatic N) is 2. The van der Waals surface area contributed by atoms with Crippen LogP contribution in [-0.2, 0) is 0 Å². The maximum atomic E-state index is 13.2. The van der Waals surface area contributed by atoms with Gasteiger partial charge in [-0.25, -0.2) is 4.79 Å². The molecule has 0 aliphatic carbocycles. The second kappa shape index (κ2) is 4.63. The van der Waals surface area contributed by atoms with Crippen molar-refractivity contribution in [3.05, 3.63) is 29.6 Å². The quantitative estimate of drug-likeness (QED) is 0.808. The second-order valence-electron chi connectivity index (χ2n) is 3.36. The minimum Gasteiger partial charge on any atom is -0.387 e. The van der Waals surface area contributed by atoms with Gasteiger partial charge in [0.25, 0.3) is 0 Å². The van der Waals surface area contributed by atoms with Crippen molar-refractivity contribution in [3.63, 3.8) is 0 Å². The summed E-state index contributed by atoms with van der Waals surface area (Å²) in [5.74, 6) is -1.36. The van der Waals surface area contributed by atoms with Crippen LogP contribution in [0.25, 0.3) is 0 Å². The molecule has 1 aromatic heterocycles. The van der Waals surface area contributed by atoms with Crippen LogP contribution in [-0.4, -0.2) is 27.5 Å². The highest BCUT2D eigenvalue weighted by Gasteiger charge is 2.42. The molecular weight excluding hydrogens is 218 g/mol. The van der Waals surface area contributed by atoms with Crippen LogP contribution in [0.5, 0.6) is 0 Å². The van der Waals surface area contributed by atoms with Gasteiger partial charge in [0.2, 0.25) is 0 Å². The van der Waals surface area contributed by atoms with E-state index in [2.05, 4.69) is 4.98 Å². The van der Waals surface area contributed by atoms with Gasteiger partial charge in [0.1, 0.15) is 10.5 Å². The van der Waals surface area contributed by atoms with Gasteiger partial charge in [0.15, 0.2) is 6.54 Å². The predicted molar refractivity (Wildman–Crippen MR) is 52.2 cm³/mol. The van der Waals surface area contributed by atoms with Crippen molar-refractivity contribution in [1.29, 1.82) is 0 Å². The van der Waals surface area contributed by atoms with Crippen molar-refractivity contribution < 1.29 is 23.8 Å². The van der Waals surface area contributed by atoms with Gasteiger partial charge in [-0.2, -0.15) is 0 Å². The van der Waals surface area contributed by atoms with Gasteiger partial charge < -0.3 is 5.11 Å². The lowest BCUT2D eigenvalue weighted by Gasteiger charge is -2.12. The van der Waals surface area contributed by atoms with Gasteiger partial charge >= 0.3 is 5.91 Å². The molecular formula is C10H13F2N2O2+. The van der Waals surface area contributed by atoms with Crippen LogP contribution in [0.2, 0.25) is 0 Å². The summed E-state index contributed by atoms with van der Waals surface area (Å²) in [7, 11) is 0. The smallest absolute Gasteiger partial charge is 0.387 e. The molecule has 0 saturated carbocycles. The van der Waals surface area contributed by atoms with Gasteiger partial charge in [-0.3, -0.25) is 4.98 Å². The molecule has 0 bridgehead atoms. The number of carbonyl (C=O) groups excluding carboxylic acids is 1.